The summed E-state index contributed by atoms with van der Waals surface area (Å²) in [7, 11) is 1.89. The fourth-order valence-corrected chi connectivity index (χ4v) is 6.30. The Labute approximate surface area is 234 Å². The number of piperidine rings is 1. The lowest BCUT2D eigenvalue weighted by atomic mass is 9.96. The van der Waals surface area contributed by atoms with Crippen LogP contribution in [0.1, 0.15) is 89.3 Å². The monoisotopic (exact) mass is 537 g/mol. The largest absolute Gasteiger partial charge is 0.478 e. The molecule has 6 rings (SSSR count). The second-order valence-corrected chi connectivity index (χ2v) is 11.1. The number of carbonyl (C=O) groups is 2. The summed E-state index contributed by atoms with van der Waals surface area (Å²) >= 11 is 0. The van der Waals surface area contributed by atoms with Gasteiger partial charge in [0, 0.05) is 37.3 Å². The van der Waals surface area contributed by atoms with E-state index in [9.17, 15) is 14.7 Å². The van der Waals surface area contributed by atoms with Crippen LogP contribution in [0.4, 0.5) is 0 Å². The van der Waals surface area contributed by atoms with Crippen LogP contribution in [0.15, 0.2) is 67.1 Å². The van der Waals surface area contributed by atoms with Gasteiger partial charge in [-0.05, 0) is 79.0 Å². The van der Waals surface area contributed by atoms with Crippen LogP contribution < -0.4 is 0 Å². The summed E-state index contributed by atoms with van der Waals surface area (Å²) in [6.45, 7) is 3.00. The van der Waals surface area contributed by atoms with Gasteiger partial charge in [-0.2, -0.15) is 10.2 Å². The van der Waals surface area contributed by atoms with Crippen LogP contribution in [0.5, 0.6) is 0 Å². The van der Waals surface area contributed by atoms with Gasteiger partial charge in [0.1, 0.15) is 5.56 Å². The van der Waals surface area contributed by atoms with E-state index in [1.165, 1.54) is 12.6 Å². The van der Waals surface area contributed by atoms with Crippen LogP contribution >= 0.6 is 0 Å². The van der Waals surface area contributed by atoms with Gasteiger partial charge in [0.05, 0.1) is 23.8 Å². The molecule has 3 atom stereocenters. The number of hydrogen-bond donors (Lipinski definition) is 1. The lowest BCUT2D eigenvalue weighted by Crippen LogP contribution is -2.43. The molecule has 2 aromatic heterocycles. The molecule has 3 heterocycles. The van der Waals surface area contributed by atoms with E-state index in [1.807, 2.05) is 68.0 Å². The molecule has 1 N–H and O–H groups in total. The minimum atomic E-state index is -0.973. The highest BCUT2D eigenvalue weighted by Gasteiger charge is 2.45. The van der Waals surface area contributed by atoms with Crippen molar-refractivity contribution in [1.29, 1.82) is 0 Å². The van der Waals surface area contributed by atoms with Gasteiger partial charge in [0.2, 0.25) is 0 Å². The van der Waals surface area contributed by atoms with Crippen LogP contribution in [-0.2, 0) is 7.05 Å². The zero-order chi connectivity index (χ0) is 27.8. The third kappa shape index (κ3) is 4.94. The zero-order valence-corrected chi connectivity index (χ0v) is 23.0. The first-order valence-electron chi connectivity index (χ1n) is 14.3. The standard InChI is InChI=1S/C32H35N5O3/c1-3-8-25-12-4-5-14-36(25)31(38)23-11-6-9-21(15-23)22-10-7-13-26(16-22)37-30(29(19-34-37)32(39)40)28-17-27(28)24-18-33-35(2)20-24/h6-7,9-11,13,15-16,18-20,25,27-28H,3-5,8,12,14,17H2,1-2H3,(H,39,40)/t25-,27?,28?/m1/s1. The molecular formula is C32H35N5O3. The third-order valence-electron chi connectivity index (χ3n) is 8.37. The summed E-state index contributed by atoms with van der Waals surface area (Å²) in [4.78, 5) is 27.7. The van der Waals surface area contributed by atoms with Crippen LogP contribution in [0, 0.1) is 0 Å². The number of aromatic nitrogens is 4. The van der Waals surface area contributed by atoms with E-state index >= 15 is 0 Å². The maximum absolute atomic E-state index is 13.5. The number of carboxylic acids is 1. The number of hydrogen-bond acceptors (Lipinski definition) is 4. The second kappa shape index (κ2) is 10.8. The van der Waals surface area contributed by atoms with Crippen molar-refractivity contribution in [2.45, 2.75) is 63.3 Å². The van der Waals surface area contributed by atoms with Crippen LogP contribution in [0.2, 0.25) is 0 Å². The lowest BCUT2D eigenvalue weighted by Gasteiger charge is -2.36. The molecule has 1 amide bonds. The molecule has 2 unspecified atom stereocenters. The van der Waals surface area contributed by atoms with Gasteiger partial charge in [-0.3, -0.25) is 9.48 Å². The average molecular weight is 538 g/mol. The van der Waals surface area contributed by atoms with Gasteiger partial charge in [-0.25, -0.2) is 9.48 Å². The Kier molecular flexibility index (Phi) is 7.00. The Balaban J connectivity index is 1.31. The number of carbonyl (C=O) groups excluding carboxylic acids is 1. The number of nitrogens with zero attached hydrogens (tertiary/aromatic N) is 5. The highest BCUT2D eigenvalue weighted by Crippen LogP contribution is 2.55. The molecule has 0 bridgehead atoms. The third-order valence-corrected chi connectivity index (χ3v) is 8.37. The van der Waals surface area contributed by atoms with Crippen molar-refractivity contribution < 1.29 is 14.7 Å². The van der Waals surface area contributed by atoms with Crippen LogP contribution in [-0.4, -0.2) is 54.0 Å². The molecular weight excluding hydrogens is 502 g/mol. The molecule has 1 saturated carbocycles. The number of aromatic carboxylic acids is 1. The molecule has 1 saturated heterocycles. The van der Waals surface area contributed by atoms with Crippen molar-refractivity contribution in [3.8, 4) is 16.8 Å². The summed E-state index contributed by atoms with van der Waals surface area (Å²) in [5, 5.41) is 18.7. The number of likely N-dealkylation sites (tertiary alicyclic amines) is 1. The number of amides is 1. The Morgan fingerprint density at radius 3 is 2.55 bits per heavy atom. The minimum absolute atomic E-state index is 0.0583. The first-order chi connectivity index (χ1) is 19.4. The summed E-state index contributed by atoms with van der Waals surface area (Å²) in [6, 6.07) is 16.1. The number of benzene rings is 2. The van der Waals surface area contributed by atoms with Crippen molar-refractivity contribution >= 4 is 11.9 Å². The molecule has 1 aliphatic carbocycles. The predicted molar refractivity (Wildman–Crippen MR) is 153 cm³/mol. The quantitative estimate of drug-likeness (QED) is 0.296. The van der Waals surface area contributed by atoms with E-state index in [-0.39, 0.29) is 23.3 Å². The van der Waals surface area contributed by atoms with Gasteiger partial charge < -0.3 is 10.0 Å². The molecule has 2 fully saturated rings. The average Bonchev–Trinajstić information content (AvgIpc) is 3.41. The summed E-state index contributed by atoms with van der Waals surface area (Å²) in [6.07, 6.45) is 11.6. The molecule has 1 aliphatic heterocycles. The van der Waals surface area contributed by atoms with Crippen molar-refractivity contribution in [2.75, 3.05) is 6.54 Å². The molecule has 40 heavy (non-hydrogen) atoms. The Bertz CT molecular complexity index is 1550. The topological polar surface area (TPSA) is 93.2 Å². The molecule has 0 radical (unpaired) electrons. The SMILES string of the molecule is CCC[C@@H]1CCCCN1C(=O)c1cccc(-c2cccc(-n3ncc(C(=O)O)c3C3CC3c3cnn(C)c3)c2)c1. The van der Waals surface area contributed by atoms with E-state index in [2.05, 4.69) is 22.0 Å². The molecule has 2 aromatic carbocycles. The minimum Gasteiger partial charge on any atom is -0.478 e. The Morgan fingerprint density at radius 1 is 1.00 bits per heavy atom. The summed E-state index contributed by atoms with van der Waals surface area (Å²) < 4.78 is 3.55. The fourth-order valence-electron chi connectivity index (χ4n) is 6.30. The zero-order valence-electron chi connectivity index (χ0n) is 23.0. The second-order valence-electron chi connectivity index (χ2n) is 11.1. The molecule has 8 nitrogen and oxygen atoms in total. The van der Waals surface area contributed by atoms with Crippen LogP contribution in [0.3, 0.4) is 0 Å². The van der Waals surface area contributed by atoms with Gasteiger partial charge in [0.25, 0.3) is 5.91 Å². The van der Waals surface area contributed by atoms with Crippen molar-refractivity contribution in [2.24, 2.45) is 7.05 Å². The first kappa shape index (κ1) is 26.0. The fraction of sp³-hybridized carbons (Fsp3) is 0.375. The van der Waals surface area contributed by atoms with Crippen molar-refractivity contribution in [1.82, 2.24) is 24.5 Å². The number of carboxylic acid groups (broad SMARTS) is 1. The first-order valence-corrected chi connectivity index (χ1v) is 14.3. The van der Waals surface area contributed by atoms with Gasteiger partial charge in [0.15, 0.2) is 0 Å². The Morgan fingerprint density at radius 2 is 1.80 bits per heavy atom. The molecule has 0 spiro atoms. The maximum atomic E-state index is 13.5. The van der Waals surface area contributed by atoms with Crippen molar-refractivity contribution in [3.05, 3.63) is 89.5 Å². The molecule has 206 valence electrons. The summed E-state index contributed by atoms with van der Waals surface area (Å²) in [5.74, 6) is -0.589. The number of aryl methyl sites for hydroxylation is 1. The van der Waals surface area contributed by atoms with Gasteiger partial charge in [-0.15, -0.1) is 0 Å². The molecule has 2 aliphatic rings. The smallest absolute Gasteiger partial charge is 0.339 e. The maximum Gasteiger partial charge on any atom is 0.339 e. The van der Waals surface area contributed by atoms with Gasteiger partial charge in [-0.1, -0.05) is 37.6 Å². The Hall–Kier alpha value is -4.20. The van der Waals surface area contributed by atoms with Crippen LogP contribution in [0.25, 0.3) is 16.8 Å². The normalized spacial score (nSPS) is 20.4. The predicted octanol–water partition coefficient (Wildman–Crippen LogP) is 6.04. The lowest BCUT2D eigenvalue weighted by molar-refractivity contribution is 0.0600. The van der Waals surface area contributed by atoms with E-state index in [0.29, 0.717) is 11.6 Å². The van der Waals surface area contributed by atoms with E-state index in [0.717, 1.165) is 66.7 Å². The number of rotatable bonds is 8. The van der Waals surface area contributed by atoms with E-state index in [4.69, 9.17) is 0 Å². The van der Waals surface area contributed by atoms with E-state index < -0.39 is 5.97 Å². The van der Waals surface area contributed by atoms with Gasteiger partial charge >= 0.3 is 5.97 Å². The highest BCUT2D eigenvalue weighted by atomic mass is 16.4. The molecule has 8 heteroatoms. The van der Waals surface area contributed by atoms with E-state index in [1.54, 1.807) is 9.36 Å². The van der Waals surface area contributed by atoms with Crippen molar-refractivity contribution in [3.63, 3.8) is 0 Å². The highest BCUT2D eigenvalue weighted by molar-refractivity contribution is 5.96. The molecule has 4 aromatic rings. The summed E-state index contributed by atoms with van der Waals surface area (Å²) in [5.41, 5.74) is 5.47.